The van der Waals surface area contributed by atoms with Crippen molar-refractivity contribution < 1.29 is 4.74 Å². The van der Waals surface area contributed by atoms with Crippen LogP contribution in [0.2, 0.25) is 5.31 Å². The lowest BCUT2D eigenvalue weighted by Gasteiger charge is -2.30. The number of hydrogen-bond donors (Lipinski definition) is 1. The van der Waals surface area contributed by atoms with Crippen molar-refractivity contribution >= 4 is 45.4 Å². The molecule has 6 nitrogen and oxygen atoms in total. The van der Waals surface area contributed by atoms with Crippen LogP contribution in [-0.4, -0.2) is 48.3 Å². The summed E-state index contributed by atoms with van der Waals surface area (Å²) in [5.74, 6) is 2.00. The van der Waals surface area contributed by atoms with Crippen molar-refractivity contribution in [1.29, 1.82) is 0 Å². The van der Waals surface area contributed by atoms with Crippen LogP contribution in [0.4, 0.5) is 5.82 Å². The molecule has 0 radical (unpaired) electrons. The Balaban J connectivity index is 1.79. The molecule has 10 heteroatoms. The highest BCUT2D eigenvalue weighted by Crippen LogP contribution is 2.35. The maximum absolute atomic E-state index is 6.30. The normalized spacial score (nSPS) is 11.5. The fourth-order valence-corrected chi connectivity index (χ4v) is 4.35. The first-order valence-electron chi connectivity index (χ1n) is 10.6. The maximum Gasteiger partial charge on any atom is 0.239 e. The summed E-state index contributed by atoms with van der Waals surface area (Å²) in [7, 11) is 4.42. The van der Waals surface area contributed by atoms with Gasteiger partial charge in [-0.1, -0.05) is 39.0 Å². The van der Waals surface area contributed by atoms with Crippen molar-refractivity contribution in [2.24, 2.45) is 0 Å². The number of aromatic nitrogens is 4. The smallest absolute Gasteiger partial charge is 0.239 e. The third-order valence-corrected chi connectivity index (χ3v) is 5.41. The molecule has 0 saturated heterocycles. The fourth-order valence-electron chi connectivity index (χ4n) is 4.35. The van der Waals surface area contributed by atoms with E-state index in [1.165, 1.54) is 6.33 Å². The first kappa shape index (κ1) is 21.1. The Bertz CT molecular complexity index is 1190. The molecule has 0 aliphatic rings. The molecule has 0 amide bonds. The lowest BCUT2D eigenvalue weighted by Crippen LogP contribution is -2.50. The van der Waals surface area contributed by atoms with E-state index < -0.39 is 0 Å². The first-order chi connectivity index (χ1) is 14.8. The second-order valence-corrected chi connectivity index (χ2v) is 9.25. The Morgan fingerprint density at radius 1 is 0.935 bits per heavy atom. The van der Waals surface area contributed by atoms with Gasteiger partial charge in [0.15, 0.2) is 5.65 Å². The number of fused-ring (bicyclic) bond motifs is 1. The summed E-state index contributed by atoms with van der Waals surface area (Å²) in [4.78, 5) is 8.80. The minimum Gasteiger partial charge on any atom is -0.457 e. The molecule has 2 aromatic carbocycles. The molecule has 152 valence electrons. The number of rotatable bonds is 5. The number of nitrogens with zero attached hydrogens (tertiary/aromatic N) is 4. The molecular formula is C21H25B4N5O. The van der Waals surface area contributed by atoms with E-state index in [0.29, 0.717) is 12.2 Å². The van der Waals surface area contributed by atoms with Gasteiger partial charge in [-0.3, -0.25) is 0 Å². The lowest BCUT2D eigenvalue weighted by atomic mass is 8.92. The van der Waals surface area contributed by atoms with Crippen molar-refractivity contribution in [3.8, 4) is 22.8 Å². The number of anilines is 1. The van der Waals surface area contributed by atoms with E-state index in [1.807, 2.05) is 59.2 Å². The Morgan fingerprint density at radius 2 is 1.58 bits per heavy atom. The summed E-state index contributed by atoms with van der Waals surface area (Å²) < 4.78 is 7.95. The largest absolute Gasteiger partial charge is 0.457 e. The standard InChI is InChI=1S/C21H25B4N5O/c1-21(2,3)24(25(22)23)30-20-17(19(26)27-13-28-20)18(29-30)14-9-11-16(12-10-14)31-15-7-5-4-6-8-15/h4-13H,22-23H2,1-3H3,(H2,26,27,28). The minimum absolute atomic E-state index is 0.00250. The molecule has 0 unspecified atom stereocenters. The molecule has 0 saturated carbocycles. The van der Waals surface area contributed by atoms with Gasteiger partial charge in [-0.05, 0) is 41.7 Å². The maximum atomic E-state index is 6.30. The number of hydrogen-bond acceptors (Lipinski definition) is 5. The van der Waals surface area contributed by atoms with Crippen LogP contribution >= 0.6 is 0 Å². The molecule has 2 heterocycles. The molecule has 4 aromatic rings. The van der Waals surface area contributed by atoms with Crippen molar-refractivity contribution in [1.82, 2.24) is 19.7 Å². The monoisotopic (exact) mass is 407 g/mol. The van der Waals surface area contributed by atoms with E-state index in [1.54, 1.807) is 0 Å². The predicted octanol–water partition coefficient (Wildman–Crippen LogP) is 2.34. The zero-order valence-corrected chi connectivity index (χ0v) is 18.7. The van der Waals surface area contributed by atoms with E-state index in [-0.39, 0.29) is 12.1 Å². The summed E-state index contributed by atoms with van der Waals surface area (Å²) in [5.41, 5.74) is 8.79. The van der Waals surface area contributed by atoms with Crippen LogP contribution in [0.5, 0.6) is 11.5 Å². The van der Waals surface area contributed by atoms with Gasteiger partial charge >= 0.3 is 0 Å². The van der Waals surface area contributed by atoms with Gasteiger partial charge in [0.25, 0.3) is 0 Å². The zero-order valence-electron chi connectivity index (χ0n) is 18.7. The van der Waals surface area contributed by atoms with Gasteiger partial charge in [0.2, 0.25) is 6.74 Å². The average Bonchev–Trinajstić information content (AvgIpc) is 3.08. The Labute approximate surface area is 185 Å². The molecule has 2 N–H and O–H groups in total. The summed E-state index contributed by atoms with van der Waals surface area (Å²) in [5, 5.41) is 5.80. The Hall–Kier alpha value is -3.15. The van der Waals surface area contributed by atoms with E-state index in [4.69, 9.17) is 15.6 Å². The fraction of sp³-hybridized carbons (Fsp3) is 0.190. The van der Waals surface area contributed by atoms with Gasteiger partial charge in [-0.15, -0.1) is 0 Å². The number of ether oxygens (including phenoxy) is 1. The van der Waals surface area contributed by atoms with Gasteiger partial charge in [0.05, 0.1) is 27.2 Å². The van der Waals surface area contributed by atoms with Crippen LogP contribution in [0.3, 0.4) is 0 Å². The predicted molar refractivity (Wildman–Crippen MR) is 135 cm³/mol. The van der Waals surface area contributed by atoms with Crippen molar-refractivity contribution in [3.05, 3.63) is 60.9 Å². The highest BCUT2D eigenvalue weighted by Gasteiger charge is 2.37. The Kier molecular flexibility index (Phi) is 5.56. The second kappa shape index (κ2) is 8.17. The topological polar surface area (TPSA) is 78.9 Å². The molecule has 4 rings (SSSR count). The molecule has 0 aliphatic heterocycles. The number of nitrogen functional groups attached to an aromatic ring is 1. The zero-order chi connectivity index (χ0) is 22.2. The number of nitrogens with two attached hydrogens (primary N) is 1. The quantitative estimate of drug-likeness (QED) is 0.515. The number of benzene rings is 2. The SMILES string of the molecule is BB(B)B(n1nc(-c2ccc(Oc3ccccc3)cc2)c2c(N)ncnc21)C(C)(C)C. The van der Waals surface area contributed by atoms with Crippen molar-refractivity contribution in [3.63, 3.8) is 0 Å². The van der Waals surface area contributed by atoms with Crippen LogP contribution in [0.25, 0.3) is 22.3 Å². The van der Waals surface area contributed by atoms with Crippen molar-refractivity contribution in [2.75, 3.05) is 5.73 Å². The van der Waals surface area contributed by atoms with Gasteiger partial charge in [0, 0.05) is 5.56 Å². The Morgan fingerprint density at radius 3 is 2.19 bits per heavy atom. The highest BCUT2D eigenvalue weighted by molar-refractivity contribution is 7.58. The third kappa shape index (κ3) is 4.20. The lowest BCUT2D eigenvalue weighted by molar-refractivity contribution is 0.483. The summed E-state index contributed by atoms with van der Waals surface area (Å²) in [6.45, 7) is 6.83. The minimum atomic E-state index is -0.00250. The molecular weight excluding hydrogens is 382 g/mol. The van der Waals surface area contributed by atoms with E-state index in [2.05, 4.69) is 46.2 Å². The summed E-state index contributed by atoms with van der Waals surface area (Å²) in [6.07, 6.45) is 1.88. The van der Waals surface area contributed by atoms with Gasteiger partial charge in [0.1, 0.15) is 29.3 Å². The van der Waals surface area contributed by atoms with Crippen LogP contribution in [-0.2, 0) is 0 Å². The van der Waals surface area contributed by atoms with Gasteiger partial charge < -0.3 is 15.1 Å². The molecule has 0 spiro atoms. The van der Waals surface area contributed by atoms with Crippen molar-refractivity contribution in [2.45, 2.75) is 26.1 Å². The van der Waals surface area contributed by atoms with E-state index in [9.17, 15) is 0 Å². The molecule has 0 bridgehead atoms. The first-order valence-corrected chi connectivity index (χ1v) is 10.6. The van der Waals surface area contributed by atoms with E-state index >= 15 is 0 Å². The number of para-hydroxylation sites is 1. The molecule has 0 aliphatic carbocycles. The van der Waals surface area contributed by atoms with Gasteiger partial charge in [-0.2, -0.15) is 5.10 Å². The molecule has 31 heavy (non-hydrogen) atoms. The highest BCUT2D eigenvalue weighted by atomic mass is 16.5. The molecule has 0 fully saturated rings. The van der Waals surface area contributed by atoms with Crippen LogP contribution < -0.4 is 10.5 Å². The average molecular weight is 407 g/mol. The van der Waals surface area contributed by atoms with E-state index in [0.717, 1.165) is 33.8 Å². The second-order valence-electron chi connectivity index (χ2n) is 9.25. The van der Waals surface area contributed by atoms with Gasteiger partial charge in [-0.25, -0.2) is 9.97 Å². The summed E-state index contributed by atoms with van der Waals surface area (Å²) in [6, 6.07) is 17.6. The molecule has 0 atom stereocenters. The van der Waals surface area contributed by atoms with Crippen LogP contribution in [0.1, 0.15) is 20.8 Å². The van der Waals surface area contributed by atoms with Crippen LogP contribution in [0.15, 0.2) is 60.9 Å². The summed E-state index contributed by atoms with van der Waals surface area (Å²) >= 11 is 0. The van der Waals surface area contributed by atoms with Crippen LogP contribution in [0, 0.1) is 0 Å². The third-order valence-electron chi connectivity index (χ3n) is 5.41. The molecule has 2 aromatic heterocycles.